The van der Waals surface area contributed by atoms with Gasteiger partial charge in [-0.1, -0.05) is 37.1 Å². The van der Waals surface area contributed by atoms with E-state index in [1.54, 1.807) is 18.2 Å². The lowest BCUT2D eigenvalue weighted by atomic mass is 10.1. The number of hydrogen-bond donors (Lipinski definition) is 2. The fraction of sp³-hybridized carbons (Fsp3) is 0.250. The van der Waals surface area contributed by atoms with E-state index in [9.17, 15) is 4.21 Å². The molecule has 1 saturated carbocycles. The Balaban J connectivity index is 1.52. The maximum atomic E-state index is 15.1. The summed E-state index contributed by atoms with van der Waals surface area (Å²) in [6.45, 7) is 1.88. The summed E-state index contributed by atoms with van der Waals surface area (Å²) in [5.74, 6) is -0.105. The standard InChI is InChI=1S/C24H24FN5OS/c1-15-6-2-5-9-21(15)32(31)29-20-11-10-16(12-19(20)25)18-13-30(17-7-3-4-8-17)24-22(18)23(26)27-14-28-24/h2,5-6,9-14,17,29H,3-4,7-8H2,1H3,(H2,26,27,28). The van der Waals surface area contributed by atoms with E-state index in [4.69, 9.17) is 5.73 Å². The van der Waals surface area contributed by atoms with Crippen LogP contribution in [-0.4, -0.2) is 18.7 Å². The van der Waals surface area contributed by atoms with Crippen LogP contribution in [0.15, 0.2) is 59.9 Å². The maximum absolute atomic E-state index is 15.1. The van der Waals surface area contributed by atoms with Crippen molar-refractivity contribution < 1.29 is 8.60 Å². The highest BCUT2D eigenvalue weighted by Gasteiger charge is 2.23. The number of nitrogens with one attached hydrogen (secondary N) is 1. The van der Waals surface area contributed by atoms with Crippen molar-refractivity contribution in [1.29, 1.82) is 0 Å². The number of aryl methyl sites for hydroxylation is 1. The van der Waals surface area contributed by atoms with Crippen LogP contribution in [0.3, 0.4) is 0 Å². The lowest BCUT2D eigenvalue weighted by Crippen LogP contribution is -2.07. The molecule has 1 unspecified atom stereocenters. The third-order valence-electron chi connectivity index (χ3n) is 6.13. The number of fused-ring (bicyclic) bond motifs is 1. The van der Waals surface area contributed by atoms with Gasteiger partial charge in [-0.05, 0) is 49.1 Å². The van der Waals surface area contributed by atoms with Gasteiger partial charge >= 0.3 is 0 Å². The molecular weight excluding hydrogens is 425 g/mol. The first-order chi connectivity index (χ1) is 15.5. The molecule has 0 spiro atoms. The van der Waals surface area contributed by atoms with Crippen molar-refractivity contribution in [3.63, 3.8) is 0 Å². The molecule has 2 aromatic heterocycles. The second-order valence-corrected chi connectivity index (χ2v) is 9.36. The van der Waals surface area contributed by atoms with Crippen LogP contribution in [0.1, 0.15) is 37.3 Å². The highest BCUT2D eigenvalue weighted by molar-refractivity contribution is 7.86. The largest absolute Gasteiger partial charge is 0.383 e. The molecule has 2 aromatic carbocycles. The summed E-state index contributed by atoms with van der Waals surface area (Å²) in [6.07, 6.45) is 8.05. The Labute approximate surface area is 188 Å². The van der Waals surface area contributed by atoms with E-state index in [-0.39, 0.29) is 5.69 Å². The maximum Gasteiger partial charge on any atom is 0.150 e. The van der Waals surface area contributed by atoms with E-state index in [2.05, 4.69) is 19.3 Å². The van der Waals surface area contributed by atoms with Gasteiger partial charge in [-0.15, -0.1) is 0 Å². The summed E-state index contributed by atoms with van der Waals surface area (Å²) in [6, 6.07) is 12.6. The van der Waals surface area contributed by atoms with E-state index in [0.29, 0.717) is 22.3 Å². The molecule has 0 saturated heterocycles. The average molecular weight is 450 g/mol. The molecule has 32 heavy (non-hydrogen) atoms. The Hall–Kier alpha value is -3.26. The minimum absolute atomic E-state index is 0.180. The van der Waals surface area contributed by atoms with Crippen molar-refractivity contribution in [2.75, 3.05) is 10.5 Å². The molecule has 164 valence electrons. The number of nitrogens with zero attached hydrogens (tertiary/aromatic N) is 3. The molecule has 1 atom stereocenters. The first-order valence-corrected chi connectivity index (χ1v) is 11.8. The van der Waals surface area contributed by atoms with Crippen LogP contribution < -0.4 is 10.5 Å². The minimum Gasteiger partial charge on any atom is -0.383 e. The molecule has 1 aliphatic carbocycles. The summed E-state index contributed by atoms with van der Waals surface area (Å²) in [5.41, 5.74) is 9.53. The predicted octanol–water partition coefficient (Wildman–Crippen LogP) is 5.38. The summed E-state index contributed by atoms with van der Waals surface area (Å²) in [5, 5.41) is 0.739. The highest BCUT2D eigenvalue weighted by atomic mass is 32.2. The Kier molecular flexibility index (Phi) is 5.38. The van der Waals surface area contributed by atoms with Crippen LogP contribution >= 0.6 is 0 Å². The van der Waals surface area contributed by atoms with Gasteiger partial charge in [-0.25, -0.2) is 18.6 Å². The van der Waals surface area contributed by atoms with Crippen molar-refractivity contribution in [3.8, 4) is 11.1 Å². The number of anilines is 2. The number of benzene rings is 2. The molecule has 1 fully saturated rings. The van der Waals surface area contributed by atoms with Crippen molar-refractivity contribution in [1.82, 2.24) is 14.5 Å². The number of nitrogens with two attached hydrogens (primary N) is 1. The molecule has 8 heteroatoms. The number of rotatable bonds is 5. The SMILES string of the molecule is Cc1ccccc1S(=O)Nc1ccc(-c2cn(C3CCCC3)c3ncnc(N)c23)cc1F. The normalized spacial score (nSPS) is 15.3. The number of nitrogen functional groups attached to an aromatic ring is 1. The van der Waals surface area contributed by atoms with Crippen LogP contribution in [-0.2, 0) is 11.0 Å². The third-order valence-corrected chi connectivity index (χ3v) is 7.40. The van der Waals surface area contributed by atoms with Crippen molar-refractivity contribution in [2.24, 2.45) is 0 Å². The highest BCUT2D eigenvalue weighted by Crippen LogP contribution is 2.39. The lowest BCUT2D eigenvalue weighted by Gasteiger charge is -2.12. The number of hydrogen-bond acceptors (Lipinski definition) is 4. The second-order valence-electron chi connectivity index (χ2n) is 8.18. The molecule has 6 nitrogen and oxygen atoms in total. The first kappa shape index (κ1) is 20.6. The van der Waals surface area contributed by atoms with Gasteiger partial charge in [0.1, 0.15) is 23.6 Å². The van der Waals surface area contributed by atoms with Crippen LogP contribution in [0.25, 0.3) is 22.2 Å². The summed E-state index contributed by atoms with van der Waals surface area (Å²) in [4.78, 5) is 9.27. The van der Waals surface area contributed by atoms with E-state index >= 15 is 4.39 Å². The van der Waals surface area contributed by atoms with Crippen molar-refractivity contribution in [2.45, 2.75) is 43.5 Å². The number of halogens is 1. The molecule has 5 rings (SSSR count). The van der Waals surface area contributed by atoms with Gasteiger partial charge < -0.3 is 10.3 Å². The van der Waals surface area contributed by atoms with Gasteiger partial charge in [0.25, 0.3) is 0 Å². The Morgan fingerprint density at radius 1 is 1.16 bits per heavy atom. The number of aromatic nitrogens is 3. The quantitative estimate of drug-likeness (QED) is 0.428. The zero-order chi connectivity index (χ0) is 22.2. The Bertz CT molecular complexity index is 1330. The molecule has 0 aliphatic heterocycles. The smallest absolute Gasteiger partial charge is 0.150 e. The molecule has 3 N–H and O–H groups in total. The molecule has 2 heterocycles. The molecule has 1 aliphatic rings. The van der Waals surface area contributed by atoms with Gasteiger partial charge in [-0.2, -0.15) is 0 Å². The predicted molar refractivity (Wildman–Crippen MR) is 126 cm³/mol. The zero-order valence-corrected chi connectivity index (χ0v) is 18.5. The molecule has 0 bridgehead atoms. The second kappa shape index (κ2) is 8.35. The molecule has 4 aromatic rings. The van der Waals surface area contributed by atoms with Crippen LogP contribution in [0, 0.1) is 12.7 Å². The summed E-state index contributed by atoms with van der Waals surface area (Å²) >= 11 is 0. The van der Waals surface area contributed by atoms with E-state index in [1.807, 2.05) is 31.3 Å². The monoisotopic (exact) mass is 449 g/mol. The van der Waals surface area contributed by atoms with Crippen molar-refractivity contribution in [3.05, 3.63) is 66.4 Å². The lowest BCUT2D eigenvalue weighted by molar-refractivity contribution is 0.532. The van der Waals surface area contributed by atoms with E-state index in [0.717, 1.165) is 35.0 Å². The Morgan fingerprint density at radius 2 is 1.94 bits per heavy atom. The van der Waals surface area contributed by atoms with Gasteiger partial charge in [0.2, 0.25) is 0 Å². The zero-order valence-electron chi connectivity index (χ0n) is 17.7. The Morgan fingerprint density at radius 3 is 2.69 bits per heavy atom. The average Bonchev–Trinajstić information content (AvgIpc) is 3.44. The molecular formula is C24H24FN5OS. The van der Waals surface area contributed by atoms with Crippen LogP contribution in [0.4, 0.5) is 15.9 Å². The minimum atomic E-state index is -1.57. The van der Waals surface area contributed by atoms with Gasteiger partial charge in [0.05, 0.1) is 16.0 Å². The molecule has 0 radical (unpaired) electrons. The van der Waals surface area contributed by atoms with E-state index in [1.165, 1.54) is 25.2 Å². The van der Waals surface area contributed by atoms with Gasteiger partial charge in [0, 0.05) is 17.8 Å². The van der Waals surface area contributed by atoms with Gasteiger partial charge in [-0.3, -0.25) is 4.72 Å². The fourth-order valence-corrected chi connectivity index (χ4v) is 5.51. The van der Waals surface area contributed by atoms with Crippen molar-refractivity contribution >= 4 is 33.5 Å². The summed E-state index contributed by atoms with van der Waals surface area (Å²) in [7, 11) is -1.57. The van der Waals surface area contributed by atoms with E-state index < -0.39 is 16.8 Å². The summed E-state index contributed by atoms with van der Waals surface area (Å²) < 4.78 is 32.7. The first-order valence-electron chi connectivity index (χ1n) is 10.7. The van der Waals surface area contributed by atoms with Gasteiger partial charge in [0.15, 0.2) is 11.0 Å². The fourth-order valence-electron chi connectivity index (χ4n) is 4.47. The molecule has 0 amide bonds. The third kappa shape index (κ3) is 3.64. The van der Waals surface area contributed by atoms with Crippen LogP contribution in [0.2, 0.25) is 0 Å². The topological polar surface area (TPSA) is 85.8 Å². The van der Waals surface area contributed by atoms with Crippen LogP contribution in [0.5, 0.6) is 0 Å².